The van der Waals surface area contributed by atoms with Crippen LogP contribution in [0.2, 0.25) is 0 Å². The van der Waals surface area contributed by atoms with Crippen molar-refractivity contribution in [2.75, 3.05) is 19.0 Å². The molecule has 0 spiro atoms. The van der Waals surface area contributed by atoms with Crippen LogP contribution in [0.1, 0.15) is 75.1 Å². The standard InChI is InChI=1S/C19H31NO/c1-4-5-6-7-8-9-10-11-15-19(21)17-13-12-14-18(16-17)20(2)3/h12-14,16H,4-11,15H2,1-3H3. The summed E-state index contributed by atoms with van der Waals surface area (Å²) in [6, 6.07) is 7.93. The molecule has 0 atom stereocenters. The molecule has 118 valence electrons. The number of rotatable bonds is 11. The predicted octanol–water partition coefficient (Wildman–Crippen LogP) is 5.47. The van der Waals surface area contributed by atoms with Crippen LogP contribution in [0, 0.1) is 0 Å². The number of benzene rings is 1. The van der Waals surface area contributed by atoms with Gasteiger partial charge in [-0.15, -0.1) is 0 Å². The third-order valence-corrected chi connectivity index (χ3v) is 3.94. The molecule has 2 nitrogen and oxygen atoms in total. The molecule has 0 fully saturated rings. The molecule has 1 aromatic rings. The smallest absolute Gasteiger partial charge is 0.162 e. The van der Waals surface area contributed by atoms with Gasteiger partial charge in [0.05, 0.1) is 0 Å². The predicted molar refractivity (Wildman–Crippen MR) is 92.3 cm³/mol. The molecule has 0 aliphatic rings. The maximum atomic E-state index is 12.2. The molecule has 0 aliphatic heterocycles. The second-order valence-corrected chi connectivity index (χ2v) is 6.09. The lowest BCUT2D eigenvalue weighted by atomic mass is 10.0. The highest BCUT2D eigenvalue weighted by Crippen LogP contribution is 2.16. The summed E-state index contributed by atoms with van der Waals surface area (Å²) in [6.07, 6.45) is 10.9. The Kier molecular flexibility index (Phi) is 8.80. The van der Waals surface area contributed by atoms with E-state index in [2.05, 4.69) is 6.92 Å². The van der Waals surface area contributed by atoms with Gasteiger partial charge in [0.15, 0.2) is 5.78 Å². The molecule has 2 heteroatoms. The van der Waals surface area contributed by atoms with E-state index in [4.69, 9.17) is 0 Å². The number of hydrogen-bond acceptors (Lipinski definition) is 2. The van der Waals surface area contributed by atoms with Crippen molar-refractivity contribution in [3.05, 3.63) is 29.8 Å². The van der Waals surface area contributed by atoms with Crippen LogP contribution in [0.15, 0.2) is 24.3 Å². The van der Waals surface area contributed by atoms with Gasteiger partial charge >= 0.3 is 0 Å². The first-order chi connectivity index (χ1) is 10.1. The summed E-state index contributed by atoms with van der Waals surface area (Å²) in [5, 5.41) is 0. The van der Waals surface area contributed by atoms with Crippen molar-refractivity contribution in [2.45, 2.75) is 64.7 Å². The molecule has 0 aromatic heterocycles. The lowest BCUT2D eigenvalue weighted by Crippen LogP contribution is -2.09. The molecule has 21 heavy (non-hydrogen) atoms. The molecular formula is C19H31NO. The monoisotopic (exact) mass is 289 g/mol. The molecule has 0 heterocycles. The third-order valence-electron chi connectivity index (χ3n) is 3.94. The minimum Gasteiger partial charge on any atom is -0.378 e. The Balaban J connectivity index is 2.20. The molecule has 0 bridgehead atoms. The van der Waals surface area contributed by atoms with Gasteiger partial charge < -0.3 is 4.90 Å². The maximum Gasteiger partial charge on any atom is 0.162 e. The molecule has 0 unspecified atom stereocenters. The molecule has 0 amide bonds. The summed E-state index contributed by atoms with van der Waals surface area (Å²) >= 11 is 0. The number of unbranched alkanes of at least 4 members (excludes halogenated alkanes) is 7. The average molecular weight is 289 g/mol. The summed E-state index contributed by atoms with van der Waals surface area (Å²) in [6.45, 7) is 2.25. The summed E-state index contributed by atoms with van der Waals surface area (Å²) in [5.41, 5.74) is 1.95. The van der Waals surface area contributed by atoms with Gasteiger partial charge in [0, 0.05) is 31.8 Å². The zero-order valence-electron chi connectivity index (χ0n) is 14.0. The van der Waals surface area contributed by atoms with Gasteiger partial charge in [-0.25, -0.2) is 0 Å². The third kappa shape index (κ3) is 7.31. The quantitative estimate of drug-likeness (QED) is 0.398. The number of carbonyl (C=O) groups is 1. The molecule has 0 saturated heterocycles. The maximum absolute atomic E-state index is 12.2. The van der Waals surface area contributed by atoms with E-state index >= 15 is 0 Å². The van der Waals surface area contributed by atoms with Crippen LogP contribution < -0.4 is 4.90 Å². The highest BCUT2D eigenvalue weighted by Gasteiger charge is 2.06. The van der Waals surface area contributed by atoms with Crippen LogP contribution in [-0.4, -0.2) is 19.9 Å². The SMILES string of the molecule is CCCCCCCCCCC(=O)c1cccc(N(C)C)c1. The van der Waals surface area contributed by atoms with Crippen LogP contribution in [0.25, 0.3) is 0 Å². The zero-order valence-corrected chi connectivity index (χ0v) is 14.0. The van der Waals surface area contributed by atoms with Gasteiger partial charge in [-0.3, -0.25) is 4.79 Å². The highest BCUT2D eigenvalue weighted by molar-refractivity contribution is 5.96. The number of carbonyl (C=O) groups excluding carboxylic acids is 1. The van der Waals surface area contributed by atoms with Crippen molar-refractivity contribution in [3.63, 3.8) is 0 Å². The number of anilines is 1. The van der Waals surface area contributed by atoms with E-state index in [-0.39, 0.29) is 5.78 Å². The minimum absolute atomic E-state index is 0.282. The minimum atomic E-state index is 0.282. The van der Waals surface area contributed by atoms with Crippen molar-refractivity contribution in [3.8, 4) is 0 Å². The average Bonchev–Trinajstić information content (AvgIpc) is 2.49. The number of ketones is 1. The summed E-state index contributed by atoms with van der Waals surface area (Å²) in [7, 11) is 4.00. The Morgan fingerprint density at radius 1 is 0.952 bits per heavy atom. The fourth-order valence-electron chi connectivity index (χ4n) is 2.52. The van der Waals surface area contributed by atoms with Gasteiger partial charge in [0.1, 0.15) is 0 Å². The van der Waals surface area contributed by atoms with Gasteiger partial charge in [-0.2, -0.15) is 0 Å². The van der Waals surface area contributed by atoms with E-state index in [1.54, 1.807) is 0 Å². The molecular weight excluding hydrogens is 258 g/mol. The van der Waals surface area contributed by atoms with Crippen LogP contribution >= 0.6 is 0 Å². The van der Waals surface area contributed by atoms with Gasteiger partial charge in [-0.1, -0.05) is 64.0 Å². The molecule has 1 rings (SSSR count). The van der Waals surface area contributed by atoms with Crippen molar-refractivity contribution in [1.29, 1.82) is 0 Å². The zero-order chi connectivity index (χ0) is 15.5. The first kappa shape index (κ1) is 17.7. The summed E-state index contributed by atoms with van der Waals surface area (Å²) in [5.74, 6) is 0.282. The second-order valence-electron chi connectivity index (χ2n) is 6.09. The van der Waals surface area contributed by atoms with E-state index in [0.717, 1.165) is 17.7 Å². The Morgan fingerprint density at radius 3 is 2.19 bits per heavy atom. The van der Waals surface area contributed by atoms with Gasteiger partial charge in [-0.05, 0) is 18.6 Å². The van der Waals surface area contributed by atoms with Crippen molar-refractivity contribution < 1.29 is 4.79 Å². The summed E-state index contributed by atoms with van der Waals surface area (Å²) < 4.78 is 0. The fraction of sp³-hybridized carbons (Fsp3) is 0.632. The van der Waals surface area contributed by atoms with Crippen LogP contribution in [-0.2, 0) is 0 Å². The Hall–Kier alpha value is -1.31. The van der Waals surface area contributed by atoms with Crippen molar-refractivity contribution in [1.82, 2.24) is 0 Å². The van der Waals surface area contributed by atoms with Crippen molar-refractivity contribution in [2.24, 2.45) is 0 Å². The van der Waals surface area contributed by atoms with E-state index in [9.17, 15) is 4.79 Å². The van der Waals surface area contributed by atoms with E-state index in [1.807, 2.05) is 43.3 Å². The fourth-order valence-corrected chi connectivity index (χ4v) is 2.52. The Labute approximate surface area is 130 Å². The van der Waals surface area contributed by atoms with E-state index in [0.29, 0.717) is 6.42 Å². The Bertz CT molecular complexity index is 412. The van der Waals surface area contributed by atoms with Crippen LogP contribution in [0.4, 0.5) is 5.69 Å². The topological polar surface area (TPSA) is 20.3 Å². The van der Waals surface area contributed by atoms with E-state index < -0.39 is 0 Å². The number of nitrogens with zero attached hydrogens (tertiary/aromatic N) is 1. The molecule has 0 aliphatic carbocycles. The highest BCUT2D eigenvalue weighted by atomic mass is 16.1. The van der Waals surface area contributed by atoms with Gasteiger partial charge in [0.25, 0.3) is 0 Å². The molecule has 0 N–H and O–H groups in total. The Morgan fingerprint density at radius 2 is 1.57 bits per heavy atom. The van der Waals surface area contributed by atoms with E-state index in [1.165, 1.54) is 44.9 Å². The molecule has 0 saturated carbocycles. The molecule has 0 radical (unpaired) electrons. The summed E-state index contributed by atoms with van der Waals surface area (Å²) in [4.78, 5) is 14.2. The largest absolute Gasteiger partial charge is 0.378 e. The van der Waals surface area contributed by atoms with Crippen molar-refractivity contribution >= 4 is 11.5 Å². The second kappa shape index (κ2) is 10.4. The lowest BCUT2D eigenvalue weighted by molar-refractivity contribution is 0.0979. The number of Topliss-reactive ketones (excluding diaryl/α,β-unsaturated/α-hetero) is 1. The normalized spacial score (nSPS) is 10.6. The van der Waals surface area contributed by atoms with Crippen LogP contribution in [0.3, 0.4) is 0 Å². The first-order valence-electron chi connectivity index (χ1n) is 8.45. The first-order valence-corrected chi connectivity index (χ1v) is 8.45. The lowest BCUT2D eigenvalue weighted by Gasteiger charge is -2.13. The van der Waals surface area contributed by atoms with Gasteiger partial charge in [0.2, 0.25) is 0 Å². The van der Waals surface area contributed by atoms with Crippen LogP contribution in [0.5, 0.6) is 0 Å². The molecule has 1 aromatic carbocycles. The number of hydrogen-bond donors (Lipinski definition) is 0.